The molecule has 21 heavy (non-hydrogen) atoms. The summed E-state index contributed by atoms with van der Waals surface area (Å²) in [6, 6.07) is 6.13. The first-order valence-electron chi connectivity index (χ1n) is 6.90. The molecule has 1 unspecified atom stereocenters. The molecule has 0 aliphatic carbocycles. The molecular formula is C16H20ClN3S. The maximum absolute atomic E-state index is 6.32. The second kappa shape index (κ2) is 6.77. The molecular weight excluding hydrogens is 302 g/mol. The largest absolute Gasteiger partial charge is 0.328 e. The van der Waals surface area contributed by atoms with Gasteiger partial charge in [0, 0.05) is 27.3 Å². The van der Waals surface area contributed by atoms with Crippen LogP contribution in [0, 0.1) is 20.8 Å². The molecule has 0 saturated heterocycles. The highest BCUT2D eigenvalue weighted by atomic mass is 35.5. The molecule has 1 heterocycles. The molecule has 0 amide bonds. The van der Waals surface area contributed by atoms with Crippen molar-refractivity contribution < 1.29 is 0 Å². The third-order valence-corrected chi connectivity index (χ3v) is 4.59. The highest BCUT2D eigenvalue weighted by Gasteiger charge is 2.09. The van der Waals surface area contributed by atoms with Gasteiger partial charge in [-0.3, -0.25) is 0 Å². The molecule has 0 fully saturated rings. The van der Waals surface area contributed by atoms with Gasteiger partial charge >= 0.3 is 0 Å². The Bertz CT molecular complexity index is 633. The third kappa shape index (κ3) is 4.19. The van der Waals surface area contributed by atoms with Gasteiger partial charge in [0.25, 0.3) is 0 Å². The molecule has 1 aromatic carbocycles. The molecule has 2 aromatic rings. The van der Waals surface area contributed by atoms with E-state index in [2.05, 4.69) is 9.97 Å². The van der Waals surface area contributed by atoms with Crippen LogP contribution in [0.3, 0.4) is 0 Å². The summed E-state index contributed by atoms with van der Waals surface area (Å²) in [4.78, 5) is 10.1. The second-order valence-electron chi connectivity index (χ2n) is 5.34. The van der Waals surface area contributed by atoms with Crippen molar-refractivity contribution in [1.82, 2.24) is 9.97 Å². The number of hydrogen-bond donors (Lipinski definition) is 1. The molecule has 0 aliphatic heterocycles. The molecule has 0 aliphatic rings. The van der Waals surface area contributed by atoms with E-state index in [4.69, 9.17) is 17.3 Å². The van der Waals surface area contributed by atoms with E-state index in [1.807, 2.05) is 45.9 Å². The van der Waals surface area contributed by atoms with E-state index in [1.165, 1.54) is 11.8 Å². The number of halogens is 1. The number of hydrogen-bond acceptors (Lipinski definition) is 4. The molecule has 112 valence electrons. The first kappa shape index (κ1) is 16.3. The molecule has 0 saturated carbocycles. The zero-order valence-corrected chi connectivity index (χ0v) is 14.3. The molecule has 5 heteroatoms. The fraction of sp³-hybridized carbons (Fsp3) is 0.375. The Kier molecular flexibility index (Phi) is 5.25. The van der Waals surface area contributed by atoms with Gasteiger partial charge in [0.05, 0.1) is 0 Å². The molecule has 1 atom stereocenters. The Morgan fingerprint density at radius 2 is 1.81 bits per heavy atom. The van der Waals surface area contributed by atoms with E-state index in [9.17, 15) is 0 Å². The summed E-state index contributed by atoms with van der Waals surface area (Å²) in [6.07, 6.45) is 0.781. The summed E-state index contributed by atoms with van der Waals surface area (Å²) in [5, 5.41) is 1.50. The summed E-state index contributed by atoms with van der Waals surface area (Å²) in [5.74, 6) is 0. The van der Waals surface area contributed by atoms with Gasteiger partial charge in [-0.15, -0.1) is 0 Å². The second-order valence-corrected chi connectivity index (χ2v) is 6.79. The van der Waals surface area contributed by atoms with Crippen LogP contribution in [0.4, 0.5) is 0 Å². The lowest BCUT2D eigenvalue weighted by molar-refractivity contribution is 0.738. The number of nitrogens with two attached hydrogens (primary N) is 1. The average Bonchev–Trinajstić information content (AvgIpc) is 2.39. The van der Waals surface area contributed by atoms with Crippen LogP contribution >= 0.6 is 23.4 Å². The first-order chi connectivity index (χ1) is 9.86. The molecule has 2 N–H and O–H groups in total. The zero-order chi connectivity index (χ0) is 15.6. The predicted octanol–water partition coefficient (Wildman–Crippen LogP) is 4.10. The quantitative estimate of drug-likeness (QED) is 0.861. The van der Waals surface area contributed by atoms with Crippen LogP contribution in [0.2, 0.25) is 5.02 Å². The SMILES string of the molecule is Cc1nc(Sc2ccc(CC(C)N)c(Cl)c2)nc(C)c1C. The van der Waals surface area contributed by atoms with Gasteiger partial charge in [-0.1, -0.05) is 17.7 Å². The molecule has 0 radical (unpaired) electrons. The van der Waals surface area contributed by atoms with Gasteiger partial charge in [0.15, 0.2) is 5.16 Å². The van der Waals surface area contributed by atoms with Gasteiger partial charge in [-0.05, 0) is 69.1 Å². The molecule has 0 bridgehead atoms. The van der Waals surface area contributed by atoms with Crippen molar-refractivity contribution in [3.05, 3.63) is 45.7 Å². The smallest absolute Gasteiger partial charge is 0.192 e. The van der Waals surface area contributed by atoms with Gasteiger partial charge in [-0.25, -0.2) is 9.97 Å². The van der Waals surface area contributed by atoms with E-state index in [1.54, 1.807) is 0 Å². The summed E-state index contributed by atoms with van der Waals surface area (Å²) in [6.45, 7) is 8.03. The molecule has 2 rings (SSSR count). The number of rotatable bonds is 4. The summed E-state index contributed by atoms with van der Waals surface area (Å²) < 4.78 is 0. The Labute approximate surface area is 135 Å². The number of nitrogens with zero attached hydrogens (tertiary/aromatic N) is 2. The maximum atomic E-state index is 6.32. The standard InChI is InChI=1S/C16H20ClN3S/c1-9(18)7-13-5-6-14(8-15(13)17)21-16-19-11(3)10(2)12(4)20-16/h5-6,8-9H,7,18H2,1-4H3. The lowest BCUT2D eigenvalue weighted by Crippen LogP contribution is -2.17. The Hall–Kier alpha value is -1.10. The Balaban J connectivity index is 2.22. The lowest BCUT2D eigenvalue weighted by Gasteiger charge is -2.10. The molecule has 0 spiro atoms. The van der Waals surface area contributed by atoms with Gasteiger partial charge in [-0.2, -0.15) is 0 Å². The fourth-order valence-electron chi connectivity index (χ4n) is 2.00. The van der Waals surface area contributed by atoms with Crippen molar-refractivity contribution in [2.45, 2.75) is 50.2 Å². The molecule has 3 nitrogen and oxygen atoms in total. The van der Waals surface area contributed by atoms with Crippen molar-refractivity contribution in [2.24, 2.45) is 5.73 Å². The van der Waals surface area contributed by atoms with Crippen molar-refractivity contribution in [1.29, 1.82) is 0 Å². The van der Waals surface area contributed by atoms with E-state index in [0.717, 1.165) is 44.0 Å². The minimum atomic E-state index is 0.103. The van der Waals surface area contributed by atoms with Crippen LogP contribution in [0.5, 0.6) is 0 Å². The zero-order valence-electron chi connectivity index (χ0n) is 12.8. The van der Waals surface area contributed by atoms with Gasteiger partial charge < -0.3 is 5.73 Å². The lowest BCUT2D eigenvalue weighted by atomic mass is 10.1. The Morgan fingerprint density at radius 3 is 2.33 bits per heavy atom. The number of benzene rings is 1. The summed E-state index contributed by atoms with van der Waals surface area (Å²) in [5.41, 5.74) is 10.1. The van der Waals surface area contributed by atoms with Gasteiger partial charge in [0.2, 0.25) is 0 Å². The minimum Gasteiger partial charge on any atom is -0.328 e. The normalized spacial score (nSPS) is 12.5. The highest BCUT2D eigenvalue weighted by Crippen LogP contribution is 2.30. The van der Waals surface area contributed by atoms with Crippen molar-refractivity contribution >= 4 is 23.4 Å². The van der Waals surface area contributed by atoms with Crippen LogP contribution in [0.15, 0.2) is 28.3 Å². The van der Waals surface area contributed by atoms with Crippen LogP contribution in [0.25, 0.3) is 0 Å². The van der Waals surface area contributed by atoms with Crippen LogP contribution in [0.1, 0.15) is 29.4 Å². The van der Waals surface area contributed by atoms with Gasteiger partial charge in [0.1, 0.15) is 0 Å². The summed E-state index contributed by atoms with van der Waals surface area (Å²) in [7, 11) is 0. The van der Waals surface area contributed by atoms with Crippen molar-refractivity contribution in [3.63, 3.8) is 0 Å². The van der Waals surface area contributed by atoms with Crippen molar-refractivity contribution in [2.75, 3.05) is 0 Å². The topological polar surface area (TPSA) is 51.8 Å². The minimum absolute atomic E-state index is 0.103. The van der Waals surface area contributed by atoms with E-state index < -0.39 is 0 Å². The predicted molar refractivity (Wildman–Crippen MR) is 89.2 cm³/mol. The van der Waals surface area contributed by atoms with Crippen LogP contribution in [-0.2, 0) is 6.42 Å². The average molecular weight is 322 g/mol. The third-order valence-electron chi connectivity index (χ3n) is 3.39. The van der Waals surface area contributed by atoms with E-state index in [0.29, 0.717) is 0 Å². The van der Waals surface area contributed by atoms with Crippen LogP contribution in [-0.4, -0.2) is 16.0 Å². The van der Waals surface area contributed by atoms with E-state index in [-0.39, 0.29) is 6.04 Å². The van der Waals surface area contributed by atoms with Crippen molar-refractivity contribution in [3.8, 4) is 0 Å². The van der Waals surface area contributed by atoms with E-state index >= 15 is 0 Å². The summed E-state index contributed by atoms with van der Waals surface area (Å²) >= 11 is 7.85. The maximum Gasteiger partial charge on any atom is 0.192 e. The highest BCUT2D eigenvalue weighted by molar-refractivity contribution is 7.99. The fourth-order valence-corrected chi connectivity index (χ4v) is 3.21. The Morgan fingerprint density at radius 1 is 1.19 bits per heavy atom. The van der Waals surface area contributed by atoms with Crippen LogP contribution < -0.4 is 5.73 Å². The monoisotopic (exact) mass is 321 g/mol. The molecule has 1 aromatic heterocycles. The first-order valence-corrected chi connectivity index (χ1v) is 8.10. The number of aryl methyl sites for hydroxylation is 2. The number of aromatic nitrogens is 2.